The van der Waals surface area contributed by atoms with Crippen molar-refractivity contribution >= 4 is 11.6 Å². The first kappa shape index (κ1) is 12.6. The Morgan fingerprint density at radius 3 is 2.42 bits per heavy atom. The molecule has 0 radical (unpaired) electrons. The largest absolute Gasteiger partial charge is 0.508 e. The highest BCUT2D eigenvalue weighted by atomic mass is 16.3. The number of aromatic nitrogens is 2. The number of anilines is 1. The van der Waals surface area contributed by atoms with Gasteiger partial charge in [0, 0.05) is 18.9 Å². The molecule has 0 saturated carbocycles. The average Bonchev–Trinajstić information content (AvgIpc) is 2.38. The maximum atomic E-state index is 12.1. The van der Waals surface area contributed by atoms with Crippen LogP contribution >= 0.6 is 0 Å². The van der Waals surface area contributed by atoms with Crippen molar-refractivity contribution in [3.63, 3.8) is 0 Å². The first-order chi connectivity index (χ1) is 8.99. The van der Waals surface area contributed by atoms with Crippen molar-refractivity contribution in [1.29, 1.82) is 0 Å². The van der Waals surface area contributed by atoms with Crippen LogP contribution in [-0.4, -0.2) is 28.0 Å². The number of hydrogen-bond donors (Lipinski definition) is 3. The second-order valence-electron chi connectivity index (χ2n) is 3.87. The minimum atomic E-state index is -0.751. The highest BCUT2D eigenvalue weighted by Gasteiger charge is 2.17. The number of carbonyl (C=O) groups excluding carboxylic acids is 1. The maximum absolute atomic E-state index is 12.1. The Kier molecular flexibility index (Phi) is 3.19. The molecule has 98 valence electrons. The van der Waals surface area contributed by atoms with Gasteiger partial charge >= 0.3 is 5.69 Å². The van der Waals surface area contributed by atoms with Crippen LogP contribution in [0.5, 0.6) is 5.75 Å². The standard InChI is InChI=1S/C12H11N3O4/c1-15(7-2-4-8(16)5-3-7)11(18)9-6-13-12(19)14-10(9)17/h2-6,16H,1H3,(H2,13,14,17,19). The van der Waals surface area contributed by atoms with Gasteiger partial charge in [0.05, 0.1) is 0 Å². The number of nitrogens with one attached hydrogen (secondary N) is 2. The van der Waals surface area contributed by atoms with E-state index in [-0.39, 0.29) is 11.3 Å². The molecule has 19 heavy (non-hydrogen) atoms. The molecule has 0 aliphatic carbocycles. The summed E-state index contributed by atoms with van der Waals surface area (Å²) in [6, 6.07) is 5.92. The summed E-state index contributed by atoms with van der Waals surface area (Å²) in [6.07, 6.45) is 1.07. The first-order valence-electron chi connectivity index (χ1n) is 5.38. The molecule has 7 heteroatoms. The van der Waals surface area contributed by atoms with Gasteiger partial charge in [-0.25, -0.2) is 4.79 Å². The van der Waals surface area contributed by atoms with Crippen molar-refractivity contribution in [1.82, 2.24) is 9.97 Å². The molecule has 0 bridgehead atoms. The summed E-state index contributed by atoms with van der Waals surface area (Å²) in [4.78, 5) is 39.9. The molecule has 0 aliphatic heterocycles. The van der Waals surface area contributed by atoms with E-state index in [1.165, 1.54) is 36.2 Å². The monoisotopic (exact) mass is 261 g/mol. The third kappa shape index (κ3) is 2.54. The molecule has 1 heterocycles. The minimum absolute atomic E-state index is 0.0755. The Labute approximate surface area is 107 Å². The molecule has 2 rings (SSSR count). The topological polar surface area (TPSA) is 106 Å². The van der Waals surface area contributed by atoms with E-state index >= 15 is 0 Å². The molecule has 2 aromatic rings. The molecule has 0 atom stereocenters. The number of H-pyrrole nitrogens is 2. The first-order valence-corrected chi connectivity index (χ1v) is 5.38. The molecular formula is C12H11N3O4. The summed E-state index contributed by atoms with van der Waals surface area (Å²) in [5, 5.41) is 9.17. The van der Waals surface area contributed by atoms with E-state index in [1.807, 2.05) is 4.98 Å². The van der Waals surface area contributed by atoms with E-state index in [0.717, 1.165) is 6.20 Å². The number of carbonyl (C=O) groups is 1. The van der Waals surface area contributed by atoms with Crippen molar-refractivity contribution in [3.8, 4) is 5.75 Å². The fraction of sp³-hybridized carbons (Fsp3) is 0.0833. The molecule has 0 unspecified atom stereocenters. The highest BCUT2D eigenvalue weighted by molar-refractivity contribution is 6.05. The van der Waals surface area contributed by atoms with Gasteiger partial charge in [-0.1, -0.05) is 0 Å². The lowest BCUT2D eigenvalue weighted by molar-refractivity contribution is 0.0991. The van der Waals surface area contributed by atoms with Gasteiger partial charge in [0.15, 0.2) is 0 Å². The van der Waals surface area contributed by atoms with Gasteiger partial charge in [0.2, 0.25) is 0 Å². The Morgan fingerprint density at radius 2 is 1.84 bits per heavy atom. The number of benzene rings is 1. The van der Waals surface area contributed by atoms with Crippen LogP contribution < -0.4 is 16.1 Å². The molecule has 1 amide bonds. The molecule has 7 nitrogen and oxygen atoms in total. The van der Waals surface area contributed by atoms with Crippen molar-refractivity contribution in [2.75, 3.05) is 11.9 Å². The van der Waals surface area contributed by atoms with Crippen LogP contribution in [0.2, 0.25) is 0 Å². The highest BCUT2D eigenvalue weighted by Crippen LogP contribution is 2.18. The lowest BCUT2D eigenvalue weighted by Crippen LogP contribution is -2.34. The van der Waals surface area contributed by atoms with Gasteiger partial charge in [-0.3, -0.25) is 14.6 Å². The predicted molar refractivity (Wildman–Crippen MR) is 68.5 cm³/mol. The van der Waals surface area contributed by atoms with Crippen molar-refractivity contribution in [2.45, 2.75) is 0 Å². The molecule has 1 aromatic carbocycles. The van der Waals surface area contributed by atoms with Crippen LogP contribution in [0, 0.1) is 0 Å². The van der Waals surface area contributed by atoms with E-state index in [2.05, 4.69) is 4.98 Å². The van der Waals surface area contributed by atoms with Crippen molar-refractivity contribution < 1.29 is 9.90 Å². The predicted octanol–water partition coefficient (Wildman–Crippen LogP) is 0.0454. The van der Waals surface area contributed by atoms with E-state index in [4.69, 9.17) is 0 Å². The number of aromatic amines is 2. The zero-order chi connectivity index (χ0) is 14.0. The molecule has 0 saturated heterocycles. The number of phenolic OH excluding ortho intramolecular Hbond substituents is 1. The molecule has 0 spiro atoms. The lowest BCUT2D eigenvalue weighted by Gasteiger charge is -2.16. The van der Waals surface area contributed by atoms with Gasteiger partial charge in [-0.2, -0.15) is 0 Å². The van der Waals surface area contributed by atoms with E-state index in [1.54, 1.807) is 0 Å². The fourth-order valence-corrected chi connectivity index (χ4v) is 1.54. The quantitative estimate of drug-likeness (QED) is 0.709. The zero-order valence-electron chi connectivity index (χ0n) is 10.0. The van der Waals surface area contributed by atoms with E-state index < -0.39 is 17.2 Å². The summed E-state index contributed by atoms with van der Waals surface area (Å²) in [5.74, 6) is -0.491. The molecule has 1 aromatic heterocycles. The second-order valence-corrected chi connectivity index (χ2v) is 3.87. The Hall–Kier alpha value is -2.83. The number of amides is 1. The summed E-state index contributed by atoms with van der Waals surface area (Å²) in [6.45, 7) is 0. The lowest BCUT2D eigenvalue weighted by atomic mass is 10.2. The summed E-state index contributed by atoms with van der Waals surface area (Å²) in [5.41, 5.74) is -1.09. The maximum Gasteiger partial charge on any atom is 0.325 e. The van der Waals surface area contributed by atoms with Gasteiger partial charge in [-0.15, -0.1) is 0 Å². The fourth-order valence-electron chi connectivity index (χ4n) is 1.54. The smallest absolute Gasteiger partial charge is 0.325 e. The summed E-state index contributed by atoms with van der Waals surface area (Å²) >= 11 is 0. The van der Waals surface area contributed by atoms with Gasteiger partial charge in [0.25, 0.3) is 11.5 Å². The van der Waals surface area contributed by atoms with Gasteiger partial charge < -0.3 is 15.0 Å². The number of nitrogens with zero attached hydrogens (tertiary/aromatic N) is 1. The molecule has 3 N–H and O–H groups in total. The number of phenols is 1. The number of rotatable bonds is 2. The number of aromatic hydroxyl groups is 1. The SMILES string of the molecule is CN(C(=O)c1c[nH]c(=O)[nH]c1=O)c1ccc(O)cc1. The molecule has 0 aliphatic rings. The van der Waals surface area contributed by atoms with Gasteiger partial charge in [-0.05, 0) is 24.3 Å². The van der Waals surface area contributed by atoms with Crippen LogP contribution in [0.1, 0.15) is 10.4 Å². The Morgan fingerprint density at radius 1 is 1.21 bits per heavy atom. The van der Waals surface area contributed by atoms with Crippen molar-refractivity contribution in [3.05, 3.63) is 56.9 Å². The zero-order valence-corrected chi connectivity index (χ0v) is 10.0. The van der Waals surface area contributed by atoms with E-state index in [9.17, 15) is 19.5 Å². The number of hydrogen-bond acceptors (Lipinski definition) is 4. The van der Waals surface area contributed by atoms with Crippen LogP contribution in [0.15, 0.2) is 40.1 Å². The Bertz CT molecular complexity index is 715. The minimum Gasteiger partial charge on any atom is -0.508 e. The van der Waals surface area contributed by atoms with E-state index in [0.29, 0.717) is 5.69 Å². The van der Waals surface area contributed by atoms with Crippen molar-refractivity contribution in [2.24, 2.45) is 0 Å². The Balaban J connectivity index is 2.36. The van der Waals surface area contributed by atoms with Crippen LogP contribution in [0.3, 0.4) is 0 Å². The third-order valence-electron chi connectivity index (χ3n) is 2.59. The summed E-state index contributed by atoms with van der Waals surface area (Å²) < 4.78 is 0. The second kappa shape index (κ2) is 4.81. The molecule has 0 fully saturated rings. The average molecular weight is 261 g/mol. The van der Waals surface area contributed by atoms with Gasteiger partial charge in [0.1, 0.15) is 11.3 Å². The van der Waals surface area contributed by atoms with Crippen LogP contribution in [0.25, 0.3) is 0 Å². The normalized spacial score (nSPS) is 10.2. The summed E-state index contributed by atoms with van der Waals surface area (Å²) in [7, 11) is 1.49. The third-order valence-corrected chi connectivity index (χ3v) is 2.59. The molecular weight excluding hydrogens is 250 g/mol. The van der Waals surface area contributed by atoms with Crippen LogP contribution in [0.4, 0.5) is 5.69 Å². The van der Waals surface area contributed by atoms with Crippen LogP contribution in [-0.2, 0) is 0 Å².